The third-order valence-corrected chi connectivity index (χ3v) is 4.74. The van der Waals surface area contributed by atoms with Gasteiger partial charge in [0.2, 0.25) is 0 Å². The first kappa shape index (κ1) is 15.8. The first-order valence-corrected chi connectivity index (χ1v) is 8.19. The standard InChI is InChI=1S/C16H19Cl2N3O/c1-10(5-14-16(22)3-2-4-19-14)8-21-9-20-13-6-11(17)12(18)7-15(13)21/h5-7,9,14,16,19,22H,2-4,8H2,1H3/b10-5+/t14-,16+/m1/s1. The predicted octanol–water partition coefficient (Wildman–Crippen LogP) is 3.40. The Morgan fingerprint density at radius 3 is 3.00 bits per heavy atom. The van der Waals surface area contributed by atoms with Crippen LogP contribution in [0.5, 0.6) is 0 Å². The Balaban J connectivity index is 1.81. The summed E-state index contributed by atoms with van der Waals surface area (Å²) in [6.07, 6.45) is 5.46. The van der Waals surface area contributed by atoms with E-state index in [1.165, 1.54) is 5.57 Å². The molecule has 2 heterocycles. The minimum atomic E-state index is -0.309. The Kier molecular flexibility index (Phi) is 4.73. The number of fused-ring (bicyclic) bond motifs is 1. The van der Waals surface area contributed by atoms with Crippen molar-refractivity contribution in [2.45, 2.75) is 38.5 Å². The number of nitrogens with zero attached hydrogens (tertiary/aromatic N) is 2. The molecule has 0 bridgehead atoms. The van der Waals surface area contributed by atoms with Crippen LogP contribution in [0.25, 0.3) is 11.0 Å². The van der Waals surface area contributed by atoms with Gasteiger partial charge in [0.15, 0.2) is 0 Å². The van der Waals surface area contributed by atoms with Gasteiger partial charge in [0.05, 0.1) is 39.6 Å². The third-order valence-electron chi connectivity index (χ3n) is 4.02. The van der Waals surface area contributed by atoms with E-state index in [9.17, 15) is 5.11 Å². The summed E-state index contributed by atoms with van der Waals surface area (Å²) in [5.74, 6) is 0. The number of piperidine rings is 1. The van der Waals surface area contributed by atoms with E-state index in [1.54, 1.807) is 12.4 Å². The molecule has 0 radical (unpaired) electrons. The van der Waals surface area contributed by atoms with Crippen LogP contribution >= 0.6 is 23.2 Å². The topological polar surface area (TPSA) is 50.1 Å². The van der Waals surface area contributed by atoms with Gasteiger partial charge < -0.3 is 15.0 Å². The van der Waals surface area contributed by atoms with E-state index in [0.717, 1.165) is 30.4 Å². The molecule has 1 fully saturated rings. The van der Waals surface area contributed by atoms with Gasteiger partial charge in [-0.1, -0.05) is 34.9 Å². The van der Waals surface area contributed by atoms with Crippen LogP contribution in [0.15, 0.2) is 30.1 Å². The minimum absolute atomic E-state index is 0.0292. The number of hydrogen-bond acceptors (Lipinski definition) is 3. The van der Waals surface area contributed by atoms with Crippen molar-refractivity contribution in [3.63, 3.8) is 0 Å². The summed E-state index contributed by atoms with van der Waals surface area (Å²) in [7, 11) is 0. The van der Waals surface area contributed by atoms with Gasteiger partial charge in [-0.25, -0.2) is 4.98 Å². The zero-order valence-corrected chi connectivity index (χ0v) is 13.9. The van der Waals surface area contributed by atoms with Crippen LogP contribution in [0.3, 0.4) is 0 Å². The van der Waals surface area contributed by atoms with Crippen molar-refractivity contribution in [1.82, 2.24) is 14.9 Å². The number of benzene rings is 1. The fourth-order valence-corrected chi connectivity index (χ4v) is 3.19. The molecule has 0 amide bonds. The lowest BCUT2D eigenvalue weighted by atomic mass is 9.99. The Morgan fingerprint density at radius 1 is 1.45 bits per heavy atom. The van der Waals surface area contributed by atoms with Gasteiger partial charge in [-0.05, 0) is 38.4 Å². The van der Waals surface area contributed by atoms with Gasteiger partial charge in [-0.15, -0.1) is 0 Å². The summed E-state index contributed by atoms with van der Waals surface area (Å²) in [5, 5.41) is 14.4. The molecule has 4 nitrogen and oxygen atoms in total. The zero-order chi connectivity index (χ0) is 15.7. The van der Waals surface area contributed by atoms with Crippen molar-refractivity contribution >= 4 is 34.2 Å². The Labute approximate surface area is 139 Å². The molecule has 2 aromatic rings. The van der Waals surface area contributed by atoms with Crippen molar-refractivity contribution in [3.8, 4) is 0 Å². The van der Waals surface area contributed by atoms with Gasteiger partial charge in [0.1, 0.15) is 0 Å². The van der Waals surface area contributed by atoms with Crippen LogP contribution < -0.4 is 5.32 Å². The molecule has 0 unspecified atom stereocenters. The van der Waals surface area contributed by atoms with Crippen molar-refractivity contribution in [2.75, 3.05) is 6.54 Å². The van der Waals surface area contributed by atoms with Crippen molar-refractivity contribution in [2.24, 2.45) is 0 Å². The van der Waals surface area contributed by atoms with E-state index in [1.807, 2.05) is 10.6 Å². The number of nitrogens with one attached hydrogen (secondary N) is 1. The van der Waals surface area contributed by atoms with Gasteiger partial charge >= 0.3 is 0 Å². The van der Waals surface area contributed by atoms with Crippen molar-refractivity contribution in [1.29, 1.82) is 0 Å². The summed E-state index contributed by atoms with van der Waals surface area (Å²) in [6.45, 7) is 3.72. The van der Waals surface area contributed by atoms with Crippen LogP contribution in [-0.4, -0.2) is 33.3 Å². The molecule has 0 aliphatic carbocycles. The number of aliphatic hydroxyl groups is 1. The summed E-state index contributed by atoms with van der Waals surface area (Å²) in [5.41, 5.74) is 2.96. The van der Waals surface area contributed by atoms with E-state index < -0.39 is 0 Å². The minimum Gasteiger partial charge on any atom is -0.391 e. The molecule has 22 heavy (non-hydrogen) atoms. The number of imidazole rings is 1. The fraction of sp³-hybridized carbons (Fsp3) is 0.438. The highest BCUT2D eigenvalue weighted by Crippen LogP contribution is 2.27. The number of halogens is 2. The van der Waals surface area contributed by atoms with Gasteiger partial charge in [0.25, 0.3) is 0 Å². The molecule has 0 spiro atoms. The molecule has 1 aliphatic heterocycles. The quantitative estimate of drug-likeness (QED) is 0.842. The second-order valence-corrected chi connectivity index (χ2v) is 6.64. The SMILES string of the molecule is C/C(=C\[C@H]1NCCC[C@@H]1O)Cn1cnc2cc(Cl)c(Cl)cc21. The first-order valence-electron chi connectivity index (χ1n) is 7.43. The monoisotopic (exact) mass is 339 g/mol. The number of rotatable bonds is 3. The molecule has 118 valence electrons. The maximum atomic E-state index is 10.0. The van der Waals surface area contributed by atoms with Crippen LogP contribution in [0, 0.1) is 0 Å². The third kappa shape index (κ3) is 3.30. The molecule has 1 aromatic carbocycles. The molecule has 1 saturated heterocycles. The summed E-state index contributed by atoms with van der Waals surface area (Å²) in [4.78, 5) is 4.36. The molecule has 2 atom stereocenters. The largest absolute Gasteiger partial charge is 0.391 e. The number of aromatic nitrogens is 2. The van der Waals surface area contributed by atoms with E-state index in [0.29, 0.717) is 16.6 Å². The molecule has 3 rings (SSSR count). The molecule has 2 N–H and O–H groups in total. The number of hydrogen-bond donors (Lipinski definition) is 2. The zero-order valence-electron chi connectivity index (χ0n) is 12.4. The van der Waals surface area contributed by atoms with Crippen LogP contribution in [0.4, 0.5) is 0 Å². The van der Waals surface area contributed by atoms with E-state index in [2.05, 4.69) is 23.3 Å². The lowest BCUT2D eigenvalue weighted by Gasteiger charge is -2.27. The van der Waals surface area contributed by atoms with Gasteiger partial charge in [-0.3, -0.25) is 0 Å². The Morgan fingerprint density at radius 2 is 2.23 bits per heavy atom. The first-order chi connectivity index (χ1) is 10.5. The Hall–Kier alpha value is -1.07. The summed E-state index contributed by atoms with van der Waals surface area (Å²) < 4.78 is 2.04. The van der Waals surface area contributed by atoms with Gasteiger partial charge in [-0.2, -0.15) is 0 Å². The molecule has 1 aliphatic rings. The predicted molar refractivity (Wildman–Crippen MR) is 90.5 cm³/mol. The molecular weight excluding hydrogens is 321 g/mol. The van der Waals surface area contributed by atoms with E-state index in [-0.39, 0.29) is 12.1 Å². The fourth-order valence-electron chi connectivity index (χ4n) is 2.87. The maximum absolute atomic E-state index is 10.0. The second kappa shape index (κ2) is 6.59. The van der Waals surface area contributed by atoms with Crippen LogP contribution in [0.1, 0.15) is 19.8 Å². The molecular formula is C16H19Cl2N3O. The highest BCUT2D eigenvalue weighted by atomic mass is 35.5. The Bertz CT molecular complexity index is 711. The maximum Gasteiger partial charge on any atom is 0.0961 e. The van der Waals surface area contributed by atoms with E-state index in [4.69, 9.17) is 23.2 Å². The lowest BCUT2D eigenvalue weighted by Crippen LogP contribution is -2.43. The van der Waals surface area contributed by atoms with Crippen LogP contribution in [-0.2, 0) is 6.54 Å². The van der Waals surface area contributed by atoms with Crippen molar-refractivity contribution in [3.05, 3.63) is 40.2 Å². The number of aliphatic hydroxyl groups excluding tert-OH is 1. The average Bonchev–Trinajstić information content (AvgIpc) is 2.84. The summed E-state index contributed by atoms with van der Waals surface area (Å²) >= 11 is 12.1. The highest BCUT2D eigenvalue weighted by molar-refractivity contribution is 6.42. The normalized spacial score (nSPS) is 23.2. The molecule has 6 heteroatoms. The van der Waals surface area contributed by atoms with Gasteiger partial charge in [0, 0.05) is 6.54 Å². The van der Waals surface area contributed by atoms with Crippen molar-refractivity contribution < 1.29 is 5.11 Å². The van der Waals surface area contributed by atoms with E-state index >= 15 is 0 Å². The highest BCUT2D eigenvalue weighted by Gasteiger charge is 2.20. The average molecular weight is 340 g/mol. The second-order valence-electron chi connectivity index (χ2n) is 5.83. The van der Waals surface area contributed by atoms with Crippen LogP contribution in [0.2, 0.25) is 10.0 Å². The molecule has 0 saturated carbocycles. The summed E-state index contributed by atoms with van der Waals surface area (Å²) in [6, 6.07) is 3.65. The molecule has 1 aromatic heterocycles. The lowest BCUT2D eigenvalue weighted by molar-refractivity contribution is 0.115. The smallest absolute Gasteiger partial charge is 0.0961 e. The number of allylic oxidation sites excluding steroid dienone is 1.